The van der Waals surface area contributed by atoms with Gasteiger partial charge in [-0.15, -0.1) is 0 Å². The molecule has 7 heteroatoms. The molecule has 0 amide bonds. The van der Waals surface area contributed by atoms with Crippen molar-refractivity contribution >= 4 is 6.29 Å². The van der Waals surface area contributed by atoms with Gasteiger partial charge in [0.2, 0.25) is 11.8 Å². The van der Waals surface area contributed by atoms with E-state index in [1.165, 1.54) is 0 Å². The molecule has 2 rings (SSSR count). The summed E-state index contributed by atoms with van der Waals surface area (Å²) in [5.74, 6) is -4.71. The summed E-state index contributed by atoms with van der Waals surface area (Å²) in [7, 11) is 0. The smallest absolute Gasteiger partial charge is 0.248 e. The first-order chi connectivity index (χ1) is 8.63. The summed E-state index contributed by atoms with van der Waals surface area (Å²) < 4.78 is 48.4. The third-order valence-electron chi connectivity index (χ3n) is 3.48. The molecule has 0 aromatic carbocycles. The first kappa shape index (κ1) is 19.6. The molecule has 0 saturated heterocycles. The van der Waals surface area contributed by atoms with Gasteiger partial charge in [-0.1, -0.05) is 0 Å². The van der Waals surface area contributed by atoms with Gasteiger partial charge in [0.05, 0.1) is 0 Å². The molecule has 2 N–H and O–H groups in total. The molecule has 2 aliphatic carbocycles. The fourth-order valence-corrected chi connectivity index (χ4v) is 2.56. The van der Waals surface area contributed by atoms with Crippen molar-refractivity contribution in [3.8, 4) is 0 Å². The summed E-state index contributed by atoms with van der Waals surface area (Å²) in [5.41, 5.74) is 5.45. The molecule has 1 atom stereocenters. The number of alkyl halides is 4. The van der Waals surface area contributed by atoms with Crippen molar-refractivity contribution in [1.29, 1.82) is 0 Å². The lowest BCUT2D eigenvalue weighted by atomic mass is 9.78. The number of hydrogen-bond donors (Lipinski definition) is 1. The zero-order valence-corrected chi connectivity index (χ0v) is 12.2. The Morgan fingerprint density at radius 2 is 1.50 bits per heavy atom. The van der Waals surface area contributed by atoms with Crippen molar-refractivity contribution in [2.24, 2.45) is 17.6 Å². The second kappa shape index (κ2) is 7.59. The van der Waals surface area contributed by atoms with Crippen LogP contribution < -0.4 is 18.1 Å². The Bertz CT molecular complexity index is 294. The molecule has 0 unspecified atom stereocenters. The van der Waals surface area contributed by atoms with E-state index in [2.05, 4.69) is 0 Å². The monoisotopic (exact) mass is 318 g/mol. The minimum Gasteiger partial charge on any atom is -1.00 e. The molecule has 2 saturated carbocycles. The van der Waals surface area contributed by atoms with E-state index in [1.54, 1.807) is 0 Å². The number of aldehydes is 1. The highest BCUT2D eigenvalue weighted by Crippen LogP contribution is 2.44. The lowest BCUT2D eigenvalue weighted by Gasteiger charge is -2.35. The van der Waals surface area contributed by atoms with Crippen molar-refractivity contribution in [3.63, 3.8) is 0 Å². The van der Waals surface area contributed by atoms with E-state index in [-0.39, 0.29) is 56.0 Å². The van der Waals surface area contributed by atoms with Gasteiger partial charge >= 0.3 is 0 Å². The maximum absolute atomic E-state index is 12.2. The standard InChI is InChI=1S/C7H13F2N.C6H8F2O.ClH/c1-5(10)2-6-3-7(8,9)4-6;7-6(8)3-5(4-6)1-2-9;/h5-6H,2-4,10H2,1H3;2,5H,1,3-4H2;1H/p-1/t5-;;/m0../s1. The lowest BCUT2D eigenvalue weighted by molar-refractivity contribution is -0.123. The maximum atomic E-state index is 12.2. The predicted molar refractivity (Wildman–Crippen MR) is 64.3 cm³/mol. The summed E-state index contributed by atoms with van der Waals surface area (Å²) in [6, 6.07) is 0.0705. The molecule has 20 heavy (non-hydrogen) atoms. The molecule has 2 aliphatic rings. The van der Waals surface area contributed by atoms with Crippen LogP contribution in [0.3, 0.4) is 0 Å². The highest BCUT2D eigenvalue weighted by molar-refractivity contribution is 5.50. The molecule has 0 spiro atoms. The van der Waals surface area contributed by atoms with Crippen LogP contribution in [0.25, 0.3) is 0 Å². The van der Waals surface area contributed by atoms with Gasteiger partial charge in [-0.05, 0) is 25.2 Å². The van der Waals surface area contributed by atoms with Crippen molar-refractivity contribution < 1.29 is 34.8 Å². The molecule has 0 aliphatic heterocycles. The van der Waals surface area contributed by atoms with Gasteiger partial charge in [0, 0.05) is 38.1 Å². The number of nitrogens with two attached hydrogens (primary N) is 1. The fourth-order valence-electron chi connectivity index (χ4n) is 2.56. The average Bonchev–Trinajstić information content (AvgIpc) is 2.12. The molecule has 0 radical (unpaired) electrons. The molecule has 2 nitrogen and oxygen atoms in total. The zero-order chi connectivity index (χ0) is 14.7. The summed E-state index contributed by atoms with van der Waals surface area (Å²) in [4.78, 5) is 9.77. The number of rotatable bonds is 4. The number of carbonyl (C=O) groups excluding carboxylic acids is 1. The normalized spacial score (nSPS) is 25.1. The van der Waals surface area contributed by atoms with E-state index in [1.807, 2.05) is 6.92 Å². The van der Waals surface area contributed by atoms with Crippen LogP contribution in [0.2, 0.25) is 0 Å². The number of carbonyl (C=O) groups is 1. The van der Waals surface area contributed by atoms with Crippen molar-refractivity contribution in [3.05, 3.63) is 0 Å². The van der Waals surface area contributed by atoms with Crippen LogP contribution in [-0.2, 0) is 4.79 Å². The van der Waals surface area contributed by atoms with Gasteiger partial charge in [0.1, 0.15) is 6.29 Å². The average molecular weight is 319 g/mol. The maximum Gasteiger partial charge on any atom is 0.248 e. The molecule has 120 valence electrons. The Balaban J connectivity index is 0.000000345. The van der Waals surface area contributed by atoms with E-state index in [0.29, 0.717) is 12.7 Å². The second-order valence-corrected chi connectivity index (χ2v) is 5.88. The third kappa shape index (κ3) is 6.88. The first-order valence-corrected chi connectivity index (χ1v) is 6.58. The van der Waals surface area contributed by atoms with Gasteiger partial charge in [0.25, 0.3) is 0 Å². The van der Waals surface area contributed by atoms with Gasteiger partial charge in [-0.2, -0.15) is 0 Å². The number of hydrogen-bond acceptors (Lipinski definition) is 2. The van der Waals surface area contributed by atoms with Gasteiger partial charge < -0.3 is 22.9 Å². The molecule has 0 bridgehead atoms. The Labute approximate surface area is 122 Å². The van der Waals surface area contributed by atoms with Crippen LogP contribution in [0.4, 0.5) is 17.6 Å². The van der Waals surface area contributed by atoms with Gasteiger partial charge in [-0.3, -0.25) is 0 Å². The van der Waals surface area contributed by atoms with Gasteiger partial charge in [0.15, 0.2) is 0 Å². The molecular weight excluding hydrogens is 298 g/mol. The topological polar surface area (TPSA) is 43.1 Å². The highest BCUT2D eigenvalue weighted by atomic mass is 35.5. The quantitative estimate of drug-likeness (QED) is 0.602. The zero-order valence-electron chi connectivity index (χ0n) is 11.4. The first-order valence-electron chi connectivity index (χ1n) is 6.58. The van der Waals surface area contributed by atoms with Crippen molar-refractivity contribution in [1.82, 2.24) is 0 Å². The van der Waals surface area contributed by atoms with E-state index < -0.39 is 11.8 Å². The summed E-state index contributed by atoms with van der Waals surface area (Å²) in [6.45, 7) is 1.86. The van der Waals surface area contributed by atoms with Crippen LogP contribution in [0, 0.1) is 11.8 Å². The Hall–Kier alpha value is -0.360. The SMILES string of the molecule is C[C@H](N)CC1CC(F)(F)C1.O=CCC1CC(F)(F)C1.[Cl-]. The number of halogens is 5. The molecule has 0 aromatic heterocycles. The summed E-state index contributed by atoms with van der Waals surface area (Å²) in [6.07, 6.45) is 1.67. The minimum absolute atomic E-state index is 0. The van der Waals surface area contributed by atoms with E-state index in [0.717, 1.165) is 6.42 Å². The van der Waals surface area contributed by atoms with E-state index >= 15 is 0 Å². The van der Waals surface area contributed by atoms with Crippen LogP contribution in [-0.4, -0.2) is 24.2 Å². The van der Waals surface area contributed by atoms with E-state index in [4.69, 9.17) is 5.73 Å². The molecular formula is C13H21ClF4NO-. The third-order valence-corrected chi connectivity index (χ3v) is 3.48. The van der Waals surface area contributed by atoms with Crippen LogP contribution in [0.15, 0.2) is 0 Å². The molecule has 0 heterocycles. The lowest BCUT2D eigenvalue weighted by Crippen LogP contribution is -3.00. The Kier molecular flexibility index (Phi) is 7.46. The van der Waals surface area contributed by atoms with Crippen LogP contribution >= 0.6 is 0 Å². The second-order valence-electron chi connectivity index (χ2n) is 5.88. The largest absolute Gasteiger partial charge is 1.00 e. The molecule has 2 fully saturated rings. The summed E-state index contributed by atoms with van der Waals surface area (Å²) >= 11 is 0. The van der Waals surface area contributed by atoms with Gasteiger partial charge in [-0.25, -0.2) is 17.6 Å². The minimum atomic E-state index is -2.46. The Morgan fingerprint density at radius 3 is 1.80 bits per heavy atom. The molecule has 0 aromatic rings. The van der Waals surface area contributed by atoms with Crippen molar-refractivity contribution in [2.75, 3.05) is 0 Å². The summed E-state index contributed by atoms with van der Waals surface area (Å²) in [5, 5.41) is 0. The Morgan fingerprint density at radius 1 is 1.10 bits per heavy atom. The highest BCUT2D eigenvalue weighted by Gasteiger charge is 2.45. The fraction of sp³-hybridized carbons (Fsp3) is 0.923. The van der Waals surface area contributed by atoms with Crippen molar-refractivity contribution in [2.45, 2.75) is 63.3 Å². The van der Waals surface area contributed by atoms with Crippen LogP contribution in [0.5, 0.6) is 0 Å². The van der Waals surface area contributed by atoms with E-state index in [9.17, 15) is 22.4 Å². The predicted octanol–water partition coefficient (Wildman–Crippen LogP) is 0.394. The van der Waals surface area contributed by atoms with Crippen LogP contribution in [0.1, 0.15) is 45.4 Å².